The quantitative estimate of drug-likeness (QED) is 0.702. The van der Waals surface area contributed by atoms with Gasteiger partial charge < -0.3 is 10.2 Å². The highest BCUT2D eigenvalue weighted by Gasteiger charge is 2.27. The monoisotopic (exact) mass is 260 g/mol. The highest BCUT2D eigenvalue weighted by atomic mass is 16.3. The first-order valence-corrected chi connectivity index (χ1v) is 6.55. The van der Waals surface area contributed by atoms with Crippen LogP contribution < -0.4 is 0 Å². The number of hydrogen-bond donors (Lipinski definition) is 2. The van der Waals surface area contributed by atoms with Crippen molar-refractivity contribution < 1.29 is 10.2 Å². The minimum absolute atomic E-state index is 0.118. The van der Waals surface area contributed by atoms with E-state index in [-0.39, 0.29) is 17.4 Å². The zero-order valence-corrected chi connectivity index (χ0v) is 12.8. The number of benzene rings is 1. The average molecular weight is 260 g/mol. The molecule has 1 aromatic carbocycles. The lowest BCUT2D eigenvalue weighted by Gasteiger charge is -2.28. The molecule has 2 N–H and O–H groups in total. The molecule has 0 aliphatic carbocycles. The predicted molar refractivity (Wildman–Crippen MR) is 79.5 cm³/mol. The third-order valence-electron chi connectivity index (χ3n) is 3.04. The van der Waals surface area contributed by atoms with Crippen LogP contribution in [0.3, 0.4) is 0 Å². The summed E-state index contributed by atoms with van der Waals surface area (Å²) in [6, 6.07) is 3.86. The minimum atomic E-state index is -0.204. The summed E-state index contributed by atoms with van der Waals surface area (Å²) in [4.78, 5) is 0. The zero-order chi connectivity index (χ0) is 14.8. The van der Waals surface area contributed by atoms with E-state index in [1.165, 1.54) is 0 Å². The summed E-state index contributed by atoms with van der Waals surface area (Å²) in [6.45, 7) is 12.2. The van der Waals surface area contributed by atoms with Crippen LogP contribution in [0.2, 0.25) is 0 Å². The van der Waals surface area contributed by atoms with Gasteiger partial charge in [0.2, 0.25) is 0 Å². The summed E-state index contributed by atoms with van der Waals surface area (Å²) in [5.74, 6) is 5.91. The standard InChI is InChI=1S/C17H24O2/c1-16(2,3)13-10-9-12(8-7-11-18)14(15(13)19)17(4,5)6/h9-10,18-19H,11H2,1-6H3. The van der Waals surface area contributed by atoms with Gasteiger partial charge in [0.15, 0.2) is 0 Å². The number of phenols is 1. The van der Waals surface area contributed by atoms with E-state index in [0.717, 1.165) is 16.7 Å². The molecule has 0 spiro atoms. The first-order chi connectivity index (χ1) is 8.59. The fourth-order valence-corrected chi connectivity index (χ4v) is 2.19. The molecule has 104 valence electrons. The van der Waals surface area contributed by atoms with Gasteiger partial charge in [-0.2, -0.15) is 0 Å². The maximum Gasteiger partial charge on any atom is 0.124 e. The van der Waals surface area contributed by atoms with Crippen molar-refractivity contribution in [2.75, 3.05) is 6.61 Å². The number of aromatic hydroxyl groups is 1. The van der Waals surface area contributed by atoms with Crippen LogP contribution in [-0.4, -0.2) is 16.8 Å². The van der Waals surface area contributed by atoms with Crippen LogP contribution in [-0.2, 0) is 10.8 Å². The van der Waals surface area contributed by atoms with E-state index in [4.69, 9.17) is 5.11 Å². The maximum atomic E-state index is 10.6. The lowest BCUT2D eigenvalue weighted by Crippen LogP contribution is -2.18. The van der Waals surface area contributed by atoms with Crippen LogP contribution in [0.5, 0.6) is 5.75 Å². The molecule has 1 rings (SSSR count). The lowest BCUT2D eigenvalue weighted by molar-refractivity contribution is 0.350. The fraction of sp³-hybridized carbons (Fsp3) is 0.529. The van der Waals surface area contributed by atoms with Crippen LogP contribution in [0.15, 0.2) is 12.1 Å². The van der Waals surface area contributed by atoms with E-state index >= 15 is 0 Å². The van der Waals surface area contributed by atoms with Crippen LogP contribution in [0.1, 0.15) is 58.2 Å². The number of aliphatic hydroxyl groups excluding tert-OH is 1. The van der Waals surface area contributed by atoms with E-state index in [1.54, 1.807) is 0 Å². The van der Waals surface area contributed by atoms with Gasteiger partial charge in [-0.25, -0.2) is 0 Å². The molecule has 0 unspecified atom stereocenters. The van der Waals surface area contributed by atoms with Crippen molar-refractivity contribution in [3.8, 4) is 17.6 Å². The summed E-state index contributed by atoms with van der Waals surface area (Å²) in [7, 11) is 0. The second kappa shape index (κ2) is 5.27. The number of phenolic OH excluding ortho intramolecular Hbond substituents is 1. The van der Waals surface area contributed by atoms with Gasteiger partial charge in [0.05, 0.1) is 0 Å². The zero-order valence-electron chi connectivity index (χ0n) is 12.8. The second-order valence-corrected chi connectivity index (χ2v) is 6.84. The molecule has 0 aliphatic heterocycles. The highest BCUT2D eigenvalue weighted by Crippen LogP contribution is 2.40. The van der Waals surface area contributed by atoms with Gasteiger partial charge in [0.1, 0.15) is 12.4 Å². The normalized spacial score (nSPS) is 11.9. The third kappa shape index (κ3) is 3.52. The molecule has 0 aliphatic rings. The molecule has 0 aromatic heterocycles. The van der Waals surface area contributed by atoms with E-state index < -0.39 is 0 Å². The molecule has 0 radical (unpaired) electrons. The van der Waals surface area contributed by atoms with Gasteiger partial charge in [-0.05, 0) is 22.5 Å². The van der Waals surface area contributed by atoms with E-state index in [1.807, 2.05) is 12.1 Å². The predicted octanol–water partition coefficient (Wildman–Crippen LogP) is 3.33. The molecular formula is C17H24O2. The first-order valence-electron chi connectivity index (χ1n) is 6.55. The van der Waals surface area contributed by atoms with Crippen molar-refractivity contribution >= 4 is 0 Å². The number of rotatable bonds is 0. The Morgan fingerprint density at radius 1 is 1.00 bits per heavy atom. The molecule has 0 atom stereocenters. The lowest BCUT2D eigenvalue weighted by atomic mass is 9.77. The molecule has 0 amide bonds. The molecular weight excluding hydrogens is 236 g/mol. The topological polar surface area (TPSA) is 40.5 Å². The van der Waals surface area contributed by atoms with Crippen molar-refractivity contribution in [1.82, 2.24) is 0 Å². The Balaban J connectivity index is 3.60. The Morgan fingerprint density at radius 2 is 1.58 bits per heavy atom. The molecule has 2 heteroatoms. The van der Waals surface area contributed by atoms with Crippen molar-refractivity contribution in [2.24, 2.45) is 0 Å². The molecule has 0 heterocycles. The molecule has 1 aromatic rings. The Bertz CT molecular complexity index is 517. The van der Waals surface area contributed by atoms with Crippen LogP contribution in [0.4, 0.5) is 0 Å². The summed E-state index contributed by atoms with van der Waals surface area (Å²) >= 11 is 0. The van der Waals surface area contributed by atoms with Gasteiger partial charge >= 0.3 is 0 Å². The summed E-state index contributed by atoms with van der Waals surface area (Å²) in [5.41, 5.74) is 2.23. The SMILES string of the molecule is CC(C)(C)c1ccc(C#CCO)c(C(C)(C)C)c1O. The summed E-state index contributed by atoms with van der Waals surface area (Å²) in [5, 5.41) is 19.4. The van der Waals surface area contributed by atoms with Crippen molar-refractivity contribution in [3.63, 3.8) is 0 Å². The van der Waals surface area contributed by atoms with Crippen molar-refractivity contribution in [3.05, 3.63) is 28.8 Å². The number of hydrogen-bond acceptors (Lipinski definition) is 2. The second-order valence-electron chi connectivity index (χ2n) is 6.84. The smallest absolute Gasteiger partial charge is 0.124 e. The highest BCUT2D eigenvalue weighted by molar-refractivity contribution is 5.56. The maximum absolute atomic E-state index is 10.6. The molecule has 19 heavy (non-hydrogen) atoms. The molecule has 0 saturated heterocycles. The van der Waals surface area contributed by atoms with Gasteiger partial charge in [-0.15, -0.1) is 0 Å². The fourth-order valence-electron chi connectivity index (χ4n) is 2.19. The van der Waals surface area contributed by atoms with Gasteiger partial charge in [0.25, 0.3) is 0 Å². The summed E-state index contributed by atoms with van der Waals surface area (Å²) in [6.07, 6.45) is 0. The third-order valence-corrected chi connectivity index (χ3v) is 3.04. The Hall–Kier alpha value is -1.46. The van der Waals surface area contributed by atoms with E-state index in [0.29, 0.717) is 5.75 Å². The number of aliphatic hydroxyl groups is 1. The average Bonchev–Trinajstić information content (AvgIpc) is 2.22. The van der Waals surface area contributed by atoms with Crippen LogP contribution >= 0.6 is 0 Å². The van der Waals surface area contributed by atoms with E-state index in [2.05, 4.69) is 53.4 Å². The molecule has 2 nitrogen and oxygen atoms in total. The van der Waals surface area contributed by atoms with Gasteiger partial charge in [0, 0.05) is 11.1 Å². The Labute approximate surface area is 116 Å². The van der Waals surface area contributed by atoms with E-state index in [9.17, 15) is 5.11 Å². The minimum Gasteiger partial charge on any atom is -0.507 e. The van der Waals surface area contributed by atoms with Crippen LogP contribution in [0, 0.1) is 11.8 Å². The Kier molecular flexibility index (Phi) is 4.32. The largest absolute Gasteiger partial charge is 0.507 e. The Morgan fingerprint density at radius 3 is 2.00 bits per heavy atom. The molecule has 0 fully saturated rings. The summed E-state index contributed by atoms with van der Waals surface area (Å²) < 4.78 is 0. The molecule has 0 saturated carbocycles. The van der Waals surface area contributed by atoms with Crippen molar-refractivity contribution in [2.45, 2.75) is 52.4 Å². The van der Waals surface area contributed by atoms with Gasteiger partial charge in [-0.1, -0.05) is 59.4 Å². The van der Waals surface area contributed by atoms with Crippen molar-refractivity contribution in [1.29, 1.82) is 0 Å². The first kappa shape index (κ1) is 15.6. The van der Waals surface area contributed by atoms with Gasteiger partial charge in [-0.3, -0.25) is 0 Å². The van der Waals surface area contributed by atoms with Crippen LogP contribution in [0.25, 0.3) is 0 Å². The molecule has 0 bridgehead atoms.